The van der Waals surface area contributed by atoms with Gasteiger partial charge in [0.25, 0.3) is 0 Å². The lowest BCUT2D eigenvalue weighted by molar-refractivity contribution is -0.115. The lowest BCUT2D eigenvalue weighted by Gasteiger charge is -2.12. The maximum atomic E-state index is 13.7. The van der Waals surface area contributed by atoms with Gasteiger partial charge in [-0.2, -0.15) is 15.0 Å². The van der Waals surface area contributed by atoms with Gasteiger partial charge in [-0.3, -0.25) is 4.79 Å². The summed E-state index contributed by atoms with van der Waals surface area (Å²) in [6, 6.07) is 4.36. The first kappa shape index (κ1) is 16.4. The molecule has 0 spiro atoms. The van der Waals surface area contributed by atoms with Crippen molar-refractivity contribution in [1.82, 2.24) is 15.0 Å². The Morgan fingerprint density at radius 2 is 1.95 bits per heavy atom. The second kappa shape index (κ2) is 6.88. The highest BCUT2D eigenvalue weighted by atomic mass is 79.9. The average molecular weight is 387 g/mol. The first-order chi connectivity index (χ1) is 10.3. The normalized spacial score (nSPS) is 12.0. The van der Waals surface area contributed by atoms with Gasteiger partial charge in [-0.05, 0) is 25.1 Å². The van der Waals surface area contributed by atoms with E-state index in [1.807, 2.05) is 0 Å². The summed E-state index contributed by atoms with van der Waals surface area (Å²) in [4.78, 5) is 23.5. The Bertz CT molecular complexity index is 696. The number of hydrogen-bond donors (Lipinski definition) is 3. The lowest BCUT2D eigenvalue weighted by Crippen LogP contribution is -2.23. The van der Waals surface area contributed by atoms with Crippen molar-refractivity contribution in [3.8, 4) is 0 Å². The molecule has 1 unspecified atom stereocenters. The van der Waals surface area contributed by atoms with Gasteiger partial charge in [0.15, 0.2) is 5.16 Å². The molecule has 0 radical (unpaired) electrons. The van der Waals surface area contributed by atoms with E-state index in [4.69, 9.17) is 11.5 Å². The smallest absolute Gasteiger partial charge is 0.237 e. The summed E-state index contributed by atoms with van der Waals surface area (Å²) in [6.07, 6.45) is 0. The van der Waals surface area contributed by atoms with E-state index < -0.39 is 17.0 Å². The Balaban J connectivity index is 2.05. The third kappa shape index (κ3) is 4.28. The van der Waals surface area contributed by atoms with Gasteiger partial charge in [0.2, 0.25) is 17.8 Å². The number of carbonyl (C=O) groups excluding carboxylic acids is 1. The number of halogens is 2. The van der Waals surface area contributed by atoms with E-state index in [9.17, 15) is 9.18 Å². The number of thioether (sulfide) groups is 1. The summed E-state index contributed by atoms with van der Waals surface area (Å²) < 4.78 is 14.3. The number of nitrogens with one attached hydrogen (secondary N) is 1. The summed E-state index contributed by atoms with van der Waals surface area (Å²) >= 11 is 4.19. The van der Waals surface area contributed by atoms with Crippen molar-refractivity contribution in [1.29, 1.82) is 0 Å². The summed E-state index contributed by atoms with van der Waals surface area (Å²) in [6.45, 7) is 1.63. The maximum Gasteiger partial charge on any atom is 0.237 e. The second-order valence-corrected chi connectivity index (χ2v) is 6.43. The van der Waals surface area contributed by atoms with Gasteiger partial charge in [0.1, 0.15) is 5.82 Å². The van der Waals surface area contributed by atoms with Crippen LogP contribution in [0.25, 0.3) is 0 Å². The van der Waals surface area contributed by atoms with E-state index in [1.165, 1.54) is 12.1 Å². The first-order valence-electron chi connectivity index (χ1n) is 6.04. The SMILES string of the molecule is CC(Sc1nc(N)nc(N)n1)C(=O)Nc1ccc(Br)cc1F. The fourth-order valence-electron chi connectivity index (χ4n) is 1.48. The largest absolute Gasteiger partial charge is 0.368 e. The van der Waals surface area contributed by atoms with Crippen LogP contribution in [0.2, 0.25) is 0 Å². The minimum Gasteiger partial charge on any atom is -0.368 e. The molecule has 0 saturated heterocycles. The minimum absolute atomic E-state index is 0.0263. The summed E-state index contributed by atoms with van der Waals surface area (Å²) in [5.41, 5.74) is 11.0. The molecule has 0 fully saturated rings. The Morgan fingerprint density at radius 3 is 2.55 bits per heavy atom. The van der Waals surface area contributed by atoms with Crippen LogP contribution in [0.15, 0.2) is 27.8 Å². The molecule has 7 nitrogen and oxygen atoms in total. The molecule has 0 aliphatic rings. The predicted octanol–water partition coefficient (Wildman–Crippen LogP) is 2.06. The van der Waals surface area contributed by atoms with Gasteiger partial charge in [0, 0.05) is 4.47 Å². The van der Waals surface area contributed by atoms with Gasteiger partial charge in [-0.15, -0.1) is 0 Å². The maximum absolute atomic E-state index is 13.7. The number of carbonyl (C=O) groups is 1. The van der Waals surface area contributed by atoms with Gasteiger partial charge in [-0.25, -0.2) is 4.39 Å². The molecule has 116 valence electrons. The number of rotatable bonds is 4. The number of hydrogen-bond acceptors (Lipinski definition) is 7. The number of nitrogens with two attached hydrogens (primary N) is 2. The van der Waals surface area contributed by atoms with Crippen LogP contribution >= 0.6 is 27.7 Å². The van der Waals surface area contributed by atoms with Gasteiger partial charge in [-0.1, -0.05) is 27.7 Å². The van der Waals surface area contributed by atoms with E-state index in [0.29, 0.717) is 4.47 Å². The zero-order valence-electron chi connectivity index (χ0n) is 11.4. The van der Waals surface area contributed by atoms with Crippen LogP contribution < -0.4 is 16.8 Å². The monoisotopic (exact) mass is 386 g/mol. The van der Waals surface area contributed by atoms with Crippen molar-refractivity contribution >= 4 is 51.2 Å². The topological polar surface area (TPSA) is 120 Å². The van der Waals surface area contributed by atoms with Gasteiger partial charge < -0.3 is 16.8 Å². The van der Waals surface area contributed by atoms with Crippen LogP contribution in [0.1, 0.15) is 6.92 Å². The number of nitrogen functional groups attached to an aromatic ring is 2. The fourth-order valence-corrected chi connectivity index (χ4v) is 2.59. The van der Waals surface area contributed by atoms with Crippen molar-refractivity contribution in [2.24, 2.45) is 0 Å². The molecule has 2 rings (SSSR count). The van der Waals surface area contributed by atoms with E-state index >= 15 is 0 Å². The van der Waals surface area contributed by atoms with Crippen LogP contribution in [0, 0.1) is 5.82 Å². The molecule has 1 atom stereocenters. The molecule has 0 aliphatic carbocycles. The summed E-state index contributed by atoms with van der Waals surface area (Å²) in [7, 11) is 0. The number of anilines is 3. The second-order valence-electron chi connectivity index (χ2n) is 4.21. The number of benzene rings is 1. The zero-order chi connectivity index (χ0) is 16.3. The zero-order valence-corrected chi connectivity index (χ0v) is 13.8. The number of aromatic nitrogens is 3. The first-order valence-corrected chi connectivity index (χ1v) is 7.72. The molecule has 0 aliphatic heterocycles. The minimum atomic E-state index is -0.579. The van der Waals surface area contributed by atoms with Crippen LogP contribution in [0.4, 0.5) is 22.0 Å². The van der Waals surface area contributed by atoms with Crippen molar-refractivity contribution in [3.05, 3.63) is 28.5 Å². The average Bonchev–Trinajstić information content (AvgIpc) is 2.40. The highest BCUT2D eigenvalue weighted by Gasteiger charge is 2.18. The van der Waals surface area contributed by atoms with Crippen molar-refractivity contribution in [2.45, 2.75) is 17.3 Å². The van der Waals surface area contributed by atoms with Crippen molar-refractivity contribution in [3.63, 3.8) is 0 Å². The third-order valence-electron chi connectivity index (χ3n) is 2.49. The molecule has 0 saturated carbocycles. The quantitative estimate of drug-likeness (QED) is 0.687. The fraction of sp³-hybridized carbons (Fsp3) is 0.167. The predicted molar refractivity (Wildman–Crippen MR) is 86.7 cm³/mol. The Kier molecular flexibility index (Phi) is 5.14. The third-order valence-corrected chi connectivity index (χ3v) is 3.94. The molecule has 1 heterocycles. The molecule has 0 bridgehead atoms. The van der Waals surface area contributed by atoms with E-state index in [1.54, 1.807) is 13.0 Å². The Labute approximate surface area is 138 Å². The van der Waals surface area contributed by atoms with Crippen LogP contribution in [0.3, 0.4) is 0 Å². The molecule has 5 N–H and O–H groups in total. The van der Waals surface area contributed by atoms with Crippen molar-refractivity contribution < 1.29 is 9.18 Å². The molecule has 1 aromatic heterocycles. The van der Waals surface area contributed by atoms with Gasteiger partial charge >= 0.3 is 0 Å². The summed E-state index contributed by atoms with van der Waals surface area (Å²) in [5, 5.41) is 2.14. The molecule has 10 heteroatoms. The molecule has 2 aromatic rings. The van der Waals surface area contributed by atoms with E-state index in [-0.39, 0.29) is 22.7 Å². The van der Waals surface area contributed by atoms with Crippen LogP contribution in [-0.2, 0) is 4.79 Å². The molecule has 1 amide bonds. The van der Waals surface area contributed by atoms with Crippen LogP contribution in [-0.4, -0.2) is 26.1 Å². The standard InChI is InChI=1S/C12H12BrFN6OS/c1-5(22-12-19-10(15)18-11(16)20-12)9(21)17-8-3-2-6(13)4-7(8)14/h2-5H,1H3,(H,17,21)(H4,15,16,18,19,20). The molecular formula is C12H12BrFN6OS. The Hall–Kier alpha value is -1.94. The number of nitrogens with zero attached hydrogens (tertiary/aromatic N) is 3. The molecule has 1 aromatic carbocycles. The summed E-state index contributed by atoms with van der Waals surface area (Å²) in [5.74, 6) is -0.986. The van der Waals surface area contributed by atoms with Crippen molar-refractivity contribution in [2.75, 3.05) is 16.8 Å². The van der Waals surface area contributed by atoms with E-state index in [0.717, 1.165) is 11.8 Å². The lowest BCUT2D eigenvalue weighted by atomic mass is 10.3. The highest BCUT2D eigenvalue weighted by molar-refractivity contribution is 9.10. The van der Waals surface area contributed by atoms with E-state index in [2.05, 4.69) is 36.2 Å². The Morgan fingerprint density at radius 1 is 1.32 bits per heavy atom. The number of amides is 1. The van der Waals surface area contributed by atoms with Gasteiger partial charge in [0.05, 0.1) is 10.9 Å². The van der Waals surface area contributed by atoms with Crippen LogP contribution in [0.5, 0.6) is 0 Å². The molecular weight excluding hydrogens is 375 g/mol. The molecule has 22 heavy (non-hydrogen) atoms. The highest BCUT2D eigenvalue weighted by Crippen LogP contribution is 2.23.